The van der Waals surface area contributed by atoms with Crippen LogP contribution in [0.4, 0.5) is 4.39 Å². The van der Waals surface area contributed by atoms with E-state index in [9.17, 15) is 14.3 Å². The molecule has 4 nitrogen and oxygen atoms in total. The lowest BCUT2D eigenvalue weighted by molar-refractivity contribution is -0.142. The number of carboxylic acids is 1. The molecule has 3 unspecified atom stereocenters. The summed E-state index contributed by atoms with van der Waals surface area (Å²) in [4.78, 5) is 13.5. The lowest BCUT2D eigenvalue weighted by Crippen LogP contribution is -2.34. The molecule has 2 bridgehead atoms. The van der Waals surface area contributed by atoms with Crippen LogP contribution in [-0.2, 0) is 4.79 Å². The van der Waals surface area contributed by atoms with E-state index in [-0.39, 0.29) is 17.8 Å². The highest BCUT2D eigenvalue weighted by atomic mass is 19.1. The quantitative estimate of drug-likeness (QED) is 0.819. The Hall–Kier alpha value is -1.62. The summed E-state index contributed by atoms with van der Waals surface area (Å²) in [5.74, 6) is -0.448. The summed E-state index contributed by atoms with van der Waals surface area (Å²) < 4.78 is 18.3. The van der Waals surface area contributed by atoms with Crippen molar-refractivity contribution >= 4 is 5.97 Å². The van der Waals surface area contributed by atoms with Crippen molar-refractivity contribution in [3.8, 4) is 5.75 Å². The third-order valence-electron chi connectivity index (χ3n) is 4.64. The molecule has 0 radical (unpaired) electrons. The largest absolute Gasteiger partial charge is 0.494 e. The van der Waals surface area contributed by atoms with Crippen LogP contribution in [0, 0.1) is 11.7 Å². The number of rotatable bonds is 6. The van der Waals surface area contributed by atoms with Gasteiger partial charge in [0.25, 0.3) is 0 Å². The number of nitrogens with zero attached hydrogens (tertiary/aromatic N) is 1. The molecule has 1 N–H and O–H groups in total. The summed E-state index contributed by atoms with van der Waals surface area (Å²) in [5.41, 5.74) is 0. The molecule has 5 heteroatoms. The van der Waals surface area contributed by atoms with Crippen molar-refractivity contribution in [2.45, 2.75) is 37.8 Å². The van der Waals surface area contributed by atoms with E-state index >= 15 is 0 Å². The first-order valence-corrected chi connectivity index (χ1v) is 7.52. The second-order valence-corrected chi connectivity index (χ2v) is 5.87. The monoisotopic (exact) mass is 293 g/mol. The van der Waals surface area contributed by atoms with Crippen molar-refractivity contribution in [3.63, 3.8) is 0 Å². The molecule has 0 saturated carbocycles. The molecule has 114 valence electrons. The van der Waals surface area contributed by atoms with Gasteiger partial charge in [-0.15, -0.1) is 0 Å². The zero-order valence-corrected chi connectivity index (χ0v) is 11.9. The Kier molecular flexibility index (Phi) is 4.10. The number of hydrogen-bond donors (Lipinski definition) is 1. The maximum atomic E-state index is 12.8. The maximum Gasteiger partial charge on any atom is 0.308 e. The van der Waals surface area contributed by atoms with Gasteiger partial charge in [-0.1, -0.05) is 0 Å². The Morgan fingerprint density at radius 1 is 1.33 bits per heavy atom. The Balaban J connectivity index is 1.44. The van der Waals surface area contributed by atoms with Gasteiger partial charge < -0.3 is 9.84 Å². The molecular formula is C16H20FNO3. The van der Waals surface area contributed by atoms with E-state index in [1.54, 1.807) is 12.1 Å². The van der Waals surface area contributed by atoms with Crippen LogP contribution in [0.5, 0.6) is 5.75 Å². The molecule has 3 atom stereocenters. The summed E-state index contributed by atoms with van der Waals surface area (Å²) >= 11 is 0. The Labute approximate surface area is 123 Å². The van der Waals surface area contributed by atoms with Gasteiger partial charge in [-0.3, -0.25) is 9.69 Å². The molecular weight excluding hydrogens is 273 g/mol. The van der Waals surface area contributed by atoms with Crippen molar-refractivity contribution in [3.05, 3.63) is 30.1 Å². The van der Waals surface area contributed by atoms with Crippen LogP contribution in [0.15, 0.2) is 24.3 Å². The zero-order valence-electron chi connectivity index (χ0n) is 11.9. The van der Waals surface area contributed by atoms with E-state index in [1.165, 1.54) is 12.1 Å². The number of ether oxygens (including phenoxy) is 1. The summed E-state index contributed by atoms with van der Waals surface area (Å²) in [5, 5.41) is 9.21. The van der Waals surface area contributed by atoms with Gasteiger partial charge in [0.1, 0.15) is 11.6 Å². The smallest absolute Gasteiger partial charge is 0.308 e. The fourth-order valence-corrected chi connectivity index (χ4v) is 3.68. The molecule has 2 aliphatic rings. The summed E-state index contributed by atoms with van der Waals surface area (Å²) in [7, 11) is 0. The van der Waals surface area contributed by atoms with E-state index in [2.05, 4.69) is 4.90 Å². The van der Waals surface area contributed by atoms with Crippen molar-refractivity contribution in [1.29, 1.82) is 0 Å². The Morgan fingerprint density at radius 3 is 2.76 bits per heavy atom. The molecule has 0 spiro atoms. The highest BCUT2D eigenvalue weighted by molar-refractivity contribution is 5.71. The molecule has 2 heterocycles. The lowest BCUT2D eigenvalue weighted by atomic mass is 9.89. The van der Waals surface area contributed by atoms with Crippen LogP contribution < -0.4 is 4.74 Å². The third kappa shape index (κ3) is 3.02. The van der Waals surface area contributed by atoms with Crippen molar-refractivity contribution in [2.24, 2.45) is 5.92 Å². The van der Waals surface area contributed by atoms with E-state index in [0.29, 0.717) is 18.4 Å². The van der Waals surface area contributed by atoms with E-state index in [4.69, 9.17) is 4.74 Å². The van der Waals surface area contributed by atoms with Gasteiger partial charge in [0.05, 0.1) is 12.5 Å². The number of hydrogen-bond acceptors (Lipinski definition) is 3. The van der Waals surface area contributed by atoms with Gasteiger partial charge in [0.2, 0.25) is 0 Å². The van der Waals surface area contributed by atoms with Gasteiger partial charge in [-0.05, 0) is 49.9 Å². The standard InChI is InChI=1S/C16H20FNO3/c17-11-2-5-13(6-3-11)21-9-1-8-18-12-4-7-15(18)14(10-12)16(19)20/h2-3,5-6,12,14-15H,1,4,7-10H2,(H,19,20). The minimum atomic E-state index is -0.658. The fourth-order valence-electron chi connectivity index (χ4n) is 3.68. The highest BCUT2D eigenvalue weighted by Crippen LogP contribution is 2.41. The fraction of sp³-hybridized carbons (Fsp3) is 0.562. The Morgan fingerprint density at radius 2 is 2.10 bits per heavy atom. The molecule has 2 fully saturated rings. The van der Waals surface area contributed by atoms with Crippen LogP contribution >= 0.6 is 0 Å². The third-order valence-corrected chi connectivity index (χ3v) is 4.64. The van der Waals surface area contributed by atoms with Gasteiger partial charge in [0, 0.05) is 18.6 Å². The van der Waals surface area contributed by atoms with Crippen LogP contribution in [0.2, 0.25) is 0 Å². The molecule has 3 rings (SSSR count). The van der Waals surface area contributed by atoms with E-state index in [1.807, 2.05) is 0 Å². The number of carbonyl (C=O) groups is 1. The van der Waals surface area contributed by atoms with Gasteiger partial charge in [-0.2, -0.15) is 0 Å². The second-order valence-electron chi connectivity index (χ2n) is 5.87. The van der Waals surface area contributed by atoms with Crippen molar-refractivity contribution in [2.75, 3.05) is 13.2 Å². The normalized spacial score (nSPS) is 28.0. The van der Waals surface area contributed by atoms with Crippen LogP contribution in [-0.4, -0.2) is 41.2 Å². The summed E-state index contributed by atoms with van der Waals surface area (Å²) in [6, 6.07) is 6.64. The Bertz CT molecular complexity index is 505. The molecule has 0 amide bonds. The highest BCUT2D eigenvalue weighted by Gasteiger charge is 2.48. The number of carboxylic acid groups (broad SMARTS) is 1. The predicted molar refractivity (Wildman–Crippen MR) is 75.8 cm³/mol. The van der Waals surface area contributed by atoms with Gasteiger partial charge in [-0.25, -0.2) is 4.39 Å². The maximum absolute atomic E-state index is 12.8. The number of fused-ring (bicyclic) bond motifs is 2. The number of halogens is 1. The molecule has 2 saturated heterocycles. The lowest BCUT2D eigenvalue weighted by Gasteiger charge is -2.22. The molecule has 21 heavy (non-hydrogen) atoms. The SMILES string of the molecule is O=C(O)C1CC2CCC1N2CCCOc1ccc(F)cc1. The summed E-state index contributed by atoms with van der Waals surface area (Å²) in [6.45, 7) is 1.44. The molecule has 2 aliphatic heterocycles. The van der Waals surface area contributed by atoms with E-state index < -0.39 is 5.97 Å². The average Bonchev–Trinajstić information content (AvgIpc) is 3.02. The van der Waals surface area contributed by atoms with Crippen LogP contribution in [0.25, 0.3) is 0 Å². The first-order chi connectivity index (χ1) is 10.1. The first-order valence-electron chi connectivity index (χ1n) is 7.52. The minimum Gasteiger partial charge on any atom is -0.494 e. The molecule has 0 aromatic heterocycles. The minimum absolute atomic E-state index is 0.193. The summed E-state index contributed by atoms with van der Waals surface area (Å²) in [6.07, 6.45) is 3.77. The zero-order chi connectivity index (χ0) is 14.8. The van der Waals surface area contributed by atoms with Gasteiger partial charge >= 0.3 is 5.97 Å². The number of aliphatic carboxylic acids is 1. The van der Waals surface area contributed by atoms with Crippen molar-refractivity contribution in [1.82, 2.24) is 4.90 Å². The molecule has 1 aromatic carbocycles. The van der Waals surface area contributed by atoms with Gasteiger partial charge in [0.15, 0.2) is 0 Å². The molecule has 1 aromatic rings. The average molecular weight is 293 g/mol. The molecule has 0 aliphatic carbocycles. The van der Waals surface area contributed by atoms with E-state index in [0.717, 1.165) is 32.2 Å². The second kappa shape index (κ2) is 6.02. The van der Waals surface area contributed by atoms with Crippen molar-refractivity contribution < 1.29 is 19.0 Å². The first kappa shape index (κ1) is 14.3. The predicted octanol–water partition coefficient (Wildman–Crippen LogP) is 2.53. The van der Waals surface area contributed by atoms with Crippen LogP contribution in [0.3, 0.4) is 0 Å². The topological polar surface area (TPSA) is 49.8 Å². The van der Waals surface area contributed by atoms with Crippen LogP contribution in [0.1, 0.15) is 25.7 Å². The number of benzene rings is 1.